The Labute approximate surface area is 145 Å². The first-order valence-corrected chi connectivity index (χ1v) is 9.03. The molecule has 2 nitrogen and oxygen atoms in total. The molecule has 2 rings (SSSR count). The summed E-state index contributed by atoms with van der Waals surface area (Å²) in [5.41, 5.74) is 3.13. The predicted molar refractivity (Wildman–Crippen MR) is 99.3 cm³/mol. The molecule has 0 spiro atoms. The molecule has 2 aromatic rings. The molecule has 24 heavy (non-hydrogen) atoms. The number of aryl methyl sites for hydroxylation is 1. The Morgan fingerprint density at radius 2 is 1.54 bits per heavy atom. The highest BCUT2D eigenvalue weighted by molar-refractivity contribution is 5.97. The van der Waals surface area contributed by atoms with E-state index in [-0.39, 0.29) is 12.4 Å². The van der Waals surface area contributed by atoms with E-state index in [4.69, 9.17) is 4.74 Å². The Bertz CT molecular complexity index is 587. The van der Waals surface area contributed by atoms with Gasteiger partial charge in [0.2, 0.25) is 0 Å². The van der Waals surface area contributed by atoms with Crippen molar-refractivity contribution >= 4 is 5.78 Å². The molecule has 0 saturated carbocycles. The first-order valence-electron chi connectivity index (χ1n) is 9.03. The highest BCUT2D eigenvalue weighted by Crippen LogP contribution is 2.11. The van der Waals surface area contributed by atoms with Gasteiger partial charge in [0.15, 0.2) is 5.78 Å². The highest BCUT2D eigenvalue weighted by atomic mass is 16.5. The summed E-state index contributed by atoms with van der Waals surface area (Å²) in [6.45, 7) is 2.84. The van der Waals surface area contributed by atoms with Crippen molar-refractivity contribution < 1.29 is 9.53 Å². The van der Waals surface area contributed by atoms with Crippen LogP contribution in [0.25, 0.3) is 0 Å². The Kier molecular flexibility index (Phi) is 8.26. The number of Topliss-reactive ketones (excluding diaryl/α,β-unsaturated/α-hetero) is 1. The minimum absolute atomic E-state index is 0.0421. The predicted octanol–water partition coefficient (Wildman–Crippen LogP) is 5.60. The summed E-state index contributed by atoms with van der Waals surface area (Å²) < 4.78 is 5.52. The first-order chi connectivity index (χ1) is 11.8. The van der Waals surface area contributed by atoms with Crippen LogP contribution in [0, 0.1) is 0 Å². The lowest BCUT2D eigenvalue weighted by atomic mass is 10.0. The number of carbonyl (C=O) groups is 1. The number of carbonyl (C=O) groups excluding carboxylic acids is 1. The molecule has 0 unspecified atom stereocenters. The molecule has 0 saturated heterocycles. The van der Waals surface area contributed by atoms with Crippen molar-refractivity contribution in [2.24, 2.45) is 0 Å². The second-order valence-electron chi connectivity index (χ2n) is 6.26. The summed E-state index contributed by atoms with van der Waals surface area (Å²) >= 11 is 0. The van der Waals surface area contributed by atoms with E-state index in [2.05, 4.69) is 19.1 Å². The van der Waals surface area contributed by atoms with Crippen molar-refractivity contribution in [2.75, 3.05) is 6.61 Å². The molecule has 0 aliphatic rings. The van der Waals surface area contributed by atoms with Gasteiger partial charge in [-0.1, -0.05) is 87.2 Å². The zero-order valence-electron chi connectivity index (χ0n) is 14.7. The third kappa shape index (κ3) is 6.67. The van der Waals surface area contributed by atoms with Crippen LogP contribution in [0.1, 0.15) is 60.5 Å². The molecule has 0 heterocycles. The Morgan fingerprint density at radius 1 is 0.833 bits per heavy atom. The number of hydrogen-bond donors (Lipinski definition) is 0. The van der Waals surface area contributed by atoms with Gasteiger partial charge in [-0.2, -0.15) is 0 Å². The van der Waals surface area contributed by atoms with Crippen LogP contribution in [0.2, 0.25) is 0 Å². The molecular weight excluding hydrogens is 296 g/mol. The lowest BCUT2D eigenvalue weighted by Crippen LogP contribution is -2.09. The molecule has 0 radical (unpaired) electrons. The van der Waals surface area contributed by atoms with Crippen LogP contribution in [0.3, 0.4) is 0 Å². The fourth-order valence-corrected chi connectivity index (χ4v) is 2.71. The summed E-state index contributed by atoms with van der Waals surface area (Å²) in [7, 11) is 0. The molecule has 128 valence electrons. The van der Waals surface area contributed by atoms with Gasteiger partial charge in [0.25, 0.3) is 0 Å². The molecule has 0 amide bonds. The standard InChI is InChI=1S/C22H28O2/c1-2-3-4-5-7-10-19-13-15-21(16-14-19)22(23)18-24-17-20-11-8-6-9-12-20/h6,8-9,11-16H,2-5,7,10,17-18H2,1H3. The minimum atomic E-state index is 0.0421. The number of rotatable bonds is 11. The Morgan fingerprint density at radius 3 is 2.25 bits per heavy atom. The molecule has 0 atom stereocenters. The van der Waals surface area contributed by atoms with Crippen molar-refractivity contribution in [1.29, 1.82) is 0 Å². The molecular formula is C22H28O2. The van der Waals surface area contributed by atoms with Crippen LogP contribution in [-0.2, 0) is 17.8 Å². The van der Waals surface area contributed by atoms with Gasteiger partial charge in [-0.3, -0.25) is 4.79 Å². The van der Waals surface area contributed by atoms with Gasteiger partial charge in [-0.15, -0.1) is 0 Å². The van der Waals surface area contributed by atoms with Gasteiger partial charge in [-0.25, -0.2) is 0 Å². The van der Waals surface area contributed by atoms with Crippen molar-refractivity contribution in [3.63, 3.8) is 0 Å². The number of benzene rings is 2. The molecule has 0 aliphatic heterocycles. The van der Waals surface area contributed by atoms with Gasteiger partial charge in [0.05, 0.1) is 6.61 Å². The fraction of sp³-hybridized carbons (Fsp3) is 0.409. The Hall–Kier alpha value is -1.93. The summed E-state index contributed by atoms with van der Waals surface area (Å²) in [6.07, 6.45) is 7.56. The summed E-state index contributed by atoms with van der Waals surface area (Å²) in [5, 5.41) is 0. The van der Waals surface area contributed by atoms with Gasteiger partial charge < -0.3 is 4.74 Å². The van der Waals surface area contributed by atoms with Crippen LogP contribution < -0.4 is 0 Å². The van der Waals surface area contributed by atoms with Gasteiger partial charge in [-0.05, 0) is 24.0 Å². The summed E-state index contributed by atoms with van der Waals surface area (Å²) in [5.74, 6) is 0.0421. The topological polar surface area (TPSA) is 26.3 Å². The number of hydrogen-bond acceptors (Lipinski definition) is 2. The summed E-state index contributed by atoms with van der Waals surface area (Å²) in [4.78, 5) is 12.2. The molecule has 0 bridgehead atoms. The summed E-state index contributed by atoms with van der Waals surface area (Å²) in [6, 6.07) is 17.9. The Balaban J connectivity index is 1.70. The number of unbranched alkanes of at least 4 members (excludes halogenated alkanes) is 4. The molecule has 2 heteroatoms. The van der Waals surface area contributed by atoms with Crippen molar-refractivity contribution in [3.05, 3.63) is 71.3 Å². The van der Waals surface area contributed by atoms with Gasteiger partial charge in [0, 0.05) is 5.56 Å². The maximum atomic E-state index is 12.2. The molecule has 2 aromatic carbocycles. The number of ketones is 1. The highest BCUT2D eigenvalue weighted by Gasteiger charge is 2.06. The van der Waals surface area contributed by atoms with E-state index in [1.54, 1.807) is 0 Å². The third-order valence-electron chi connectivity index (χ3n) is 4.19. The van der Waals surface area contributed by atoms with E-state index >= 15 is 0 Å². The van der Waals surface area contributed by atoms with Crippen LogP contribution in [0.15, 0.2) is 54.6 Å². The quantitative estimate of drug-likeness (QED) is 0.397. The van der Waals surface area contributed by atoms with E-state index in [1.807, 2.05) is 42.5 Å². The fourth-order valence-electron chi connectivity index (χ4n) is 2.71. The van der Waals surface area contributed by atoms with E-state index in [0.29, 0.717) is 6.61 Å². The molecule has 0 N–H and O–H groups in total. The lowest BCUT2D eigenvalue weighted by molar-refractivity contribution is 0.0726. The molecule has 0 aromatic heterocycles. The van der Waals surface area contributed by atoms with Crippen molar-refractivity contribution in [2.45, 2.75) is 52.1 Å². The normalized spacial score (nSPS) is 10.7. The van der Waals surface area contributed by atoms with Crippen LogP contribution in [0.5, 0.6) is 0 Å². The third-order valence-corrected chi connectivity index (χ3v) is 4.19. The minimum Gasteiger partial charge on any atom is -0.369 e. The van der Waals surface area contributed by atoms with Crippen molar-refractivity contribution in [3.8, 4) is 0 Å². The maximum absolute atomic E-state index is 12.2. The van der Waals surface area contributed by atoms with Crippen LogP contribution >= 0.6 is 0 Å². The monoisotopic (exact) mass is 324 g/mol. The van der Waals surface area contributed by atoms with E-state index < -0.39 is 0 Å². The second kappa shape index (κ2) is 10.8. The average molecular weight is 324 g/mol. The zero-order chi connectivity index (χ0) is 17.0. The SMILES string of the molecule is CCCCCCCc1ccc(C(=O)COCc2ccccc2)cc1. The second-order valence-corrected chi connectivity index (χ2v) is 6.26. The zero-order valence-corrected chi connectivity index (χ0v) is 14.7. The maximum Gasteiger partial charge on any atom is 0.188 e. The van der Waals surface area contributed by atoms with E-state index in [9.17, 15) is 4.79 Å². The number of ether oxygens (including phenoxy) is 1. The van der Waals surface area contributed by atoms with E-state index in [0.717, 1.165) is 17.5 Å². The largest absolute Gasteiger partial charge is 0.369 e. The van der Waals surface area contributed by atoms with Gasteiger partial charge in [0.1, 0.15) is 6.61 Å². The van der Waals surface area contributed by atoms with Crippen molar-refractivity contribution in [1.82, 2.24) is 0 Å². The van der Waals surface area contributed by atoms with E-state index in [1.165, 1.54) is 37.7 Å². The average Bonchev–Trinajstić information content (AvgIpc) is 2.63. The smallest absolute Gasteiger partial charge is 0.188 e. The van der Waals surface area contributed by atoms with Crippen LogP contribution in [-0.4, -0.2) is 12.4 Å². The molecule has 0 fully saturated rings. The first kappa shape index (κ1) is 18.4. The molecule has 0 aliphatic carbocycles. The lowest BCUT2D eigenvalue weighted by Gasteiger charge is -2.06. The van der Waals surface area contributed by atoms with Crippen LogP contribution in [0.4, 0.5) is 0 Å². The van der Waals surface area contributed by atoms with Gasteiger partial charge >= 0.3 is 0 Å².